The second-order valence-corrected chi connectivity index (χ2v) is 7.47. The molecule has 1 atom stereocenters. The molecule has 0 saturated heterocycles. The van der Waals surface area contributed by atoms with Crippen LogP contribution >= 0.6 is 23.2 Å². The first-order valence-corrected chi connectivity index (χ1v) is 9.61. The van der Waals surface area contributed by atoms with Gasteiger partial charge in [-0.05, 0) is 39.8 Å². The van der Waals surface area contributed by atoms with E-state index in [9.17, 15) is 24.6 Å². The molecule has 0 bridgehead atoms. The van der Waals surface area contributed by atoms with Crippen LogP contribution < -0.4 is 69.3 Å². The molecular weight excluding hydrogens is 467 g/mol. The van der Waals surface area contributed by atoms with Crippen molar-refractivity contribution >= 4 is 46.7 Å². The first-order valence-electron chi connectivity index (χ1n) is 8.85. The molecule has 0 aromatic heterocycles. The molecule has 0 amide bonds. The quantitative estimate of drug-likeness (QED) is 0.293. The summed E-state index contributed by atoms with van der Waals surface area (Å²) in [5, 5.41) is 24.2. The Morgan fingerprint density at radius 1 is 1.13 bits per heavy atom. The van der Waals surface area contributed by atoms with E-state index in [1.807, 2.05) is 0 Å². The van der Waals surface area contributed by atoms with Crippen LogP contribution in [-0.2, 0) is 19.1 Å². The number of benzene rings is 1. The third-order valence-corrected chi connectivity index (χ3v) is 4.98. The van der Waals surface area contributed by atoms with Crippen molar-refractivity contribution in [2.24, 2.45) is 0 Å². The number of ether oxygens (including phenoxy) is 1. The van der Waals surface area contributed by atoms with E-state index in [2.05, 4.69) is 0 Å². The van der Waals surface area contributed by atoms with Gasteiger partial charge in [0.25, 0.3) is 0 Å². The Kier molecular flexibility index (Phi) is 12.4. The number of carboxylic acid groups (broad SMARTS) is 2. The van der Waals surface area contributed by atoms with Gasteiger partial charge in [-0.15, -0.1) is 0 Å². The minimum atomic E-state index is -1.79. The van der Waals surface area contributed by atoms with Gasteiger partial charge in [0.05, 0.1) is 35.4 Å². The summed E-state index contributed by atoms with van der Waals surface area (Å²) in [4.78, 5) is 38.1. The van der Waals surface area contributed by atoms with E-state index in [0.717, 1.165) is 0 Å². The number of aliphatic carboxylic acids is 2. The van der Waals surface area contributed by atoms with Crippen LogP contribution in [0.5, 0.6) is 0 Å². The number of halogens is 2. The van der Waals surface area contributed by atoms with Crippen LogP contribution in [0.25, 0.3) is 5.57 Å². The van der Waals surface area contributed by atoms with Crippen molar-refractivity contribution in [2.75, 3.05) is 6.54 Å². The Morgan fingerprint density at radius 2 is 1.71 bits per heavy atom. The topological polar surface area (TPSA) is 110 Å². The van der Waals surface area contributed by atoms with Crippen LogP contribution in [0.3, 0.4) is 0 Å². The number of hydrogen-bond acceptors (Lipinski definition) is 7. The van der Waals surface area contributed by atoms with E-state index in [4.69, 9.17) is 27.9 Å². The Hall–Kier alpha value is -0.510. The fourth-order valence-corrected chi connectivity index (χ4v) is 3.83. The average Bonchev–Trinajstić information content (AvgIpc) is 2.59. The number of carboxylic acids is 2. The molecular formula is C20H19Cl2NNa2O6. The zero-order valence-electron chi connectivity index (χ0n) is 18.2. The first kappa shape index (κ1) is 30.5. The summed E-state index contributed by atoms with van der Waals surface area (Å²) in [6.07, 6.45) is -0.489. The van der Waals surface area contributed by atoms with Gasteiger partial charge in [0.1, 0.15) is 0 Å². The maximum absolute atomic E-state index is 12.9. The number of likely N-dealkylation sites (N-methyl/N-ethyl adjacent to an activating group) is 1. The molecule has 0 fully saturated rings. The largest absolute Gasteiger partial charge is 1.00 e. The van der Waals surface area contributed by atoms with Crippen LogP contribution in [0, 0.1) is 0 Å². The fraction of sp³-hybridized carbons (Fsp3) is 0.350. The second kappa shape index (κ2) is 12.7. The van der Waals surface area contributed by atoms with Crippen LogP contribution in [0.4, 0.5) is 0 Å². The first-order chi connectivity index (χ1) is 13.5. The molecule has 1 heterocycles. The van der Waals surface area contributed by atoms with Crippen molar-refractivity contribution < 1.29 is 88.4 Å². The van der Waals surface area contributed by atoms with Gasteiger partial charge in [-0.2, -0.15) is 0 Å². The fourth-order valence-electron chi connectivity index (χ4n) is 3.33. The van der Waals surface area contributed by atoms with Gasteiger partial charge < -0.3 is 29.4 Å². The Bertz CT molecular complexity index is 946. The number of rotatable bonds is 6. The predicted octanol–water partition coefficient (Wildman–Crippen LogP) is -4.82. The summed E-state index contributed by atoms with van der Waals surface area (Å²) in [5.41, 5.74) is -1.41. The van der Waals surface area contributed by atoms with Crippen molar-refractivity contribution in [3.8, 4) is 0 Å². The summed E-state index contributed by atoms with van der Waals surface area (Å²) in [5.74, 6) is -4.29. The standard InChI is InChI=1S/C20H21Cl2NO6.2Na/c1-5-23-10(4)14(20(28)29-9(2)3)15(12-7-6-11(21)8-13(12)22)16(18(24)25)17(23)19(26)27;;/h6-10H,5H2,1-4H3,(H,24,25)(H,26,27);;/q;2*+1/p-2. The molecule has 1 aromatic rings. The minimum absolute atomic E-state index is 0. The molecule has 1 aromatic carbocycles. The maximum Gasteiger partial charge on any atom is 1.00 e. The van der Waals surface area contributed by atoms with Crippen molar-refractivity contribution in [3.05, 3.63) is 50.7 Å². The SMILES string of the molecule is CCN1C(C(=O)[O-])=C(C(=O)[O-])C(c2ccc(Cl)cc2Cl)=C(C(=O)OC(C)C)C1C.[Na+].[Na+]. The number of esters is 1. The number of hydrogen-bond donors (Lipinski definition) is 0. The van der Waals surface area contributed by atoms with E-state index in [1.165, 1.54) is 23.1 Å². The van der Waals surface area contributed by atoms with E-state index in [0.29, 0.717) is 0 Å². The van der Waals surface area contributed by atoms with E-state index < -0.39 is 41.3 Å². The third-order valence-electron chi connectivity index (χ3n) is 4.43. The number of carbonyl (C=O) groups is 3. The summed E-state index contributed by atoms with van der Waals surface area (Å²) < 4.78 is 5.30. The molecule has 156 valence electrons. The third kappa shape index (κ3) is 6.51. The molecule has 0 spiro atoms. The van der Waals surface area contributed by atoms with Gasteiger partial charge in [0.2, 0.25) is 0 Å². The number of nitrogens with zero attached hydrogens (tertiary/aromatic N) is 1. The molecule has 1 aliphatic heterocycles. The van der Waals surface area contributed by atoms with Gasteiger partial charge in [-0.25, -0.2) is 4.79 Å². The van der Waals surface area contributed by atoms with Crippen LogP contribution in [-0.4, -0.2) is 41.5 Å². The van der Waals surface area contributed by atoms with Gasteiger partial charge >= 0.3 is 65.1 Å². The summed E-state index contributed by atoms with van der Waals surface area (Å²) in [7, 11) is 0. The Morgan fingerprint density at radius 3 is 2.13 bits per heavy atom. The Balaban J connectivity index is 0.00000450. The average molecular weight is 486 g/mol. The normalized spacial score (nSPS) is 16.0. The van der Waals surface area contributed by atoms with Crippen LogP contribution in [0.15, 0.2) is 35.0 Å². The summed E-state index contributed by atoms with van der Waals surface area (Å²) in [6, 6.07) is 3.39. The molecule has 1 unspecified atom stereocenters. The Labute approximate surface area is 235 Å². The van der Waals surface area contributed by atoms with Gasteiger partial charge in [-0.1, -0.05) is 29.3 Å². The van der Waals surface area contributed by atoms with E-state index in [-0.39, 0.29) is 92.4 Å². The maximum atomic E-state index is 12.9. The van der Waals surface area contributed by atoms with Gasteiger partial charge in [0, 0.05) is 33.3 Å². The molecule has 0 aliphatic carbocycles. The molecule has 31 heavy (non-hydrogen) atoms. The number of carbonyl (C=O) groups excluding carboxylic acids is 3. The zero-order valence-corrected chi connectivity index (χ0v) is 23.8. The van der Waals surface area contributed by atoms with Gasteiger partial charge in [-0.3, -0.25) is 0 Å². The molecule has 0 N–H and O–H groups in total. The molecule has 7 nitrogen and oxygen atoms in total. The molecule has 2 rings (SSSR count). The van der Waals surface area contributed by atoms with Crippen LogP contribution in [0.1, 0.15) is 33.3 Å². The molecule has 0 radical (unpaired) electrons. The molecule has 0 saturated carbocycles. The van der Waals surface area contributed by atoms with E-state index >= 15 is 0 Å². The van der Waals surface area contributed by atoms with Crippen LogP contribution in [0.2, 0.25) is 10.0 Å². The van der Waals surface area contributed by atoms with Crippen molar-refractivity contribution in [1.82, 2.24) is 4.90 Å². The molecule has 1 aliphatic rings. The van der Waals surface area contributed by atoms with Gasteiger partial charge in [0.15, 0.2) is 0 Å². The monoisotopic (exact) mass is 485 g/mol. The smallest absolute Gasteiger partial charge is 0.545 e. The predicted molar refractivity (Wildman–Crippen MR) is 103 cm³/mol. The minimum Gasteiger partial charge on any atom is -0.545 e. The van der Waals surface area contributed by atoms with Crippen molar-refractivity contribution in [3.63, 3.8) is 0 Å². The van der Waals surface area contributed by atoms with Crippen molar-refractivity contribution in [1.29, 1.82) is 0 Å². The van der Waals surface area contributed by atoms with Crippen molar-refractivity contribution in [2.45, 2.75) is 39.8 Å². The zero-order chi connectivity index (χ0) is 22.0. The van der Waals surface area contributed by atoms with E-state index in [1.54, 1.807) is 27.7 Å². The summed E-state index contributed by atoms with van der Waals surface area (Å²) in [6.45, 7) is 6.57. The summed E-state index contributed by atoms with van der Waals surface area (Å²) >= 11 is 12.2. The second-order valence-electron chi connectivity index (χ2n) is 6.63. The molecule has 11 heteroatoms.